The molecule has 224 valence electrons. The number of ether oxygens (including phenoxy) is 2. The maximum Gasteiger partial charge on any atom is 0.573 e. The van der Waals surface area contributed by atoms with Crippen LogP contribution in [0.2, 0.25) is 0 Å². The first-order chi connectivity index (χ1) is 21.0. The standard InChI is InChI=1S/C32H24F3N3O6/c33-32(34,35)44-28-3-1-2-22(18-28)20-38(26-12-8-25(9-13-26)30(41)37-17-16-29(39)40)31(42)43-27-14-10-24(11-15-27)23-6-4-21(19-36)5-7-23/h1-15,18H,16-17,20H2,(H,37,41)(H,39,40). The first-order valence-electron chi connectivity index (χ1n) is 13.1. The molecule has 0 spiro atoms. The van der Waals surface area contributed by atoms with E-state index in [9.17, 15) is 27.6 Å². The van der Waals surface area contributed by atoms with Crippen LogP contribution in [0, 0.1) is 11.3 Å². The van der Waals surface area contributed by atoms with Gasteiger partial charge in [0, 0.05) is 17.8 Å². The number of carboxylic acids is 1. The van der Waals surface area contributed by atoms with Gasteiger partial charge in [-0.3, -0.25) is 14.5 Å². The highest BCUT2D eigenvalue weighted by molar-refractivity contribution is 5.95. The minimum atomic E-state index is -4.90. The van der Waals surface area contributed by atoms with Crippen LogP contribution in [-0.4, -0.2) is 36.0 Å². The Labute approximate surface area is 249 Å². The Morgan fingerprint density at radius 1 is 0.864 bits per heavy atom. The van der Waals surface area contributed by atoms with Gasteiger partial charge in [0.25, 0.3) is 5.91 Å². The number of carbonyl (C=O) groups is 3. The van der Waals surface area contributed by atoms with Gasteiger partial charge in [0.1, 0.15) is 11.5 Å². The van der Waals surface area contributed by atoms with Crippen molar-refractivity contribution in [1.29, 1.82) is 5.26 Å². The van der Waals surface area contributed by atoms with Gasteiger partial charge in [-0.2, -0.15) is 5.26 Å². The van der Waals surface area contributed by atoms with Crippen LogP contribution in [0.25, 0.3) is 11.1 Å². The average Bonchev–Trinajstić information content (AvgIpc) is 2.99. The fraction of sp³-hybridized carbons (Fsp3) is 0.125. The molecule has 2 amide bonds. The average molecular weight is 604 g/mol. The molecule has 0 aliphatic heterocycles. The third-order valence-electron chi connectivity index (χ3n) is 6.17. The molecule has 0 radical (unpaired) electrons. The van der Waals surface area contributed by atoms with Crippen LogP contribution in [-0.2, 0) is 11.3 Å². The van der Waals surface area contributed by atoms with Crippen molar-refractivity contribution in [3.63, 3.8) is 0 Å². The van der Waals surface area contributed by atoms with Crippen molar-refractivity contribution in [2.75, 3.05) is 11.4 Å². The number of rotatable bonds is 10. The van der Waals surface area contributed by atoms with Gasteiger partial charge in [-0.05, 0) is 77.4 Å². The summed E-state index contributed by atoms with van der Waals surface area (Å²) >= 11 is 0. The Bertz CT molecular complexity index is 1670. The van der Waals surface area contributed by atoms with Gasteiger partial charge >= 0.3 is 18.4 Å². The highest BCUT2D eigenvalue weighted by Gasteiger charge is 2.31. The largest absolute Gasteiger partial charge is 0.573 e. The molecule has 0 aliphatic carbocycles. The number of nitriles is 1. The van der Waals surface area contributed by atoms with Crippen LogP contribution >= 0.6 is 0 Å². The smallest absolute Gasteiger partial charge is 0.481 e. The second kappa shape index (κ2) is 13.9. The molecule has 0 unspecified atom stereocenters. The molecule has 4 aromatic rings. The predicted molar refractivity (Wildman–Crippen MR) is 153 cm³/mol. The SMILES string of the molecule is N#Cc1ccc(-c2ccc(OC(=O)N(Cc3cccc(OC(F)(F)F)c3)c3ccc(C(=O)NCCC(=O)O)cc3)cc2)cc1. The van der Waals surface area contributed by atoms with E-state index in [0.29, 0.717) is 11.1 Å². The second-order valence-electron chi connectivity index (χ2n) is 9.31. The zero-order valence-corrected chi connectivity index (χ0v) is 22.9. The molecular weight excluding hydrogens is 579 g/mol. The van der Waals surface area contributed by atoms with E-state index >= 15 is 0 Å². The number of carboxylic acid groups (broad SMARTS) is 1. The summed E-state index contributed by atoms with van der Waals surface area (Å²) in [5.41, 5.74) is 2.94. The van der Waals surface area contributed by atoms with Crippen molar-refractivity contribution in [2.45, 2.75) is 19.3 Å². The molecule has 0 aromatic heterocycles. The quantitative estimate of drug-likeness (QED) is 0.211. The molecule has 44 heavy (non-hydrogen) atoms. The molecule has 0 aliphatic rings. The van der Waals surface area contributed by atoms with Crippen LogP contribution in [0.5, 0.6) is 11.5 Å². The summed E-state index contributed by atoms with van der Waals surface area (Å²) in [6.07, 6.45) is -6.01. The Kier molecular flexibility index (Phi) is 9.82. The summed E-state index contributed by atoms with van der Waals surface area (Å²) in [7, 11) is 0. The molecule has 12 heteroatoms. The van der Waals surface area contributed by atoms with Crippen molar-refractivity contribution in [3.8, 4) is 28.7 Å². The zero-order chi connectivity index (χ0) is 31.7. The van der Waals surface area contributed by atoms with Gasteiger partial charge in [-0.15, -0.1) is 13.2 Å². The number of carbonyl (C=O) groups excluding carboxylic acids is 2. The van der Waals surface area contributed by atoms with Crippen molar-refractivity contribution < 1.29 is 42.1 Å². The van der Waals surface area contributed by atoms with Crippen LogP contribution in [0.3, 0.4) is 0 Å². The number of nitrogens with one attached hydrogen (secondary N) is 1. The molecule has 0 fully saturated rings. The number of anilines is 1. The summed E-state index contributed by atoms with van der Waals surface area (Å²) in [5, 5.41) is 20.2. The number of aliphatic carboxylic acids is 1. The van der Waals surface area contributed by atoms with E-state index in [1.165, 1.54) is 41.3 Å². The topological polar surface area (TPSA) is 129 Å². The molecule has 0 saturated carbocycles. The molecule has 0 saturated heterocycles. The van der Waals surface area contributed by atoms with Crippen molar-refractivity contribution in [2.24, 2.45) is 0 Å². The van der Waals surface area contributed by atoms with Gasteiger partial charge in [0.2, 0.25) is 0 Å². The first kappa shape index (κ1) is 31.1. The molecule has 2 N–H and O–H groups in total. The lowest BCUT2D eigenvalue weighted by molar-refractivity contribution is -0.274. The lowest BCUT2D eigenvalue weighted by Gasteiger charge is -2.23. The Balaban J connectivity index is 1.55. The van der Waals surface area contributed by atoms with Gasteiger partial charge in [-0.1, -0.05) is 36.4 Å². The predicted octanol–water partition coefficient (Wildman–Crippen LogP) is 6.53. The minimum Gasteiger partial charge on any atom is -0.481 e. The molecule has 4 rings (SSSR count). The van der Waals surface area contributed by atoms with E-state index in [0.717, 1.165) is 23.3 Å². The van der Waals surface area contributed by atoms with Gasteiger partial charge < -0.3 is 19.9 Å². The van der Waals surface area contributed by atoms with E-state index in [-0.39, 0.29) is 36.5 Å². The lowest BCUT2D eigenvalue weighted by atomic mass is 10.0. The monoisotopic (exact) mass is 603 g/mol. The van der Waals surface area contributed by atoms with Crippen molar-refractivity contribution in [3.05, 3.63) is 114 Å². The Morgan fingerprint density at radius 2 is 1.50 bits per heavy atom. The normalized spacial score (nSPS) is 10.8. The number of amides is 2. The minimum absolute atomic E-state index is 0.0747. The molecule has 9 nitrogen and oxygen atoms in total. The van der Waals surface area contributed by atoms with Crippen LogP contribution in [0.1, 0.15) is 27.9 Å². The summed E-state index contributed by atoms with van der Waals surface area (Å²) in [4.78, 5) is 37.6. The summed E-state index contributed by atoms with van der Waals surface area (Å²) in [6.45, 7) is -0.282. The third-order valence-corrected chi connectivity index (χ3v) is 6.17. The fourth-order valence-corrected chi connectivity index (χ4v) is 4.07. The van der Waals surface area contributed by atoms with E-state index in [4.69, 9.17) is 15.1 Å². The maximum atomic E-state index is 13.4. The first-order valence-corrected chi connectivity index (χ1v) is 13.1. The summed E-state index contributed by atoms with van der Waals surface area (Å²) in [5.74, 6) is -1.86. The Hall–Kier alpha value is -5.83. The number of alkyl halides is 3. The van der Waals surface area contributed by atoms with Crippen molar-refractivity contribution >= 4 is 23.7 Å². The van der Waals surface area contributed by atoms with Crippen LogP contribution in [0.4, 0.5) is 23.7 Å². The van der Waals surface area contributed by atoms with Crippen molar-refractivity contribution in [1.82, 2.24) is 5.32 Å². The van der Waals surface area contributed by atoms with Crippen LogP contribution in [0.15, 0.2) is 97.1 Å². The zero-order valence-electron chi connectivity index (χ0n) is 22.9. The van der Waals surface area contributed by atoms with E-state index in [1.54, 1.807) is 48.5 Å². The fourth-order valence-electron chi connectivity index (χ4n) is 4.07. The maximum absolute atomic E-state index is 13.4. The number of halogens is 3. The number of nitrogens with zero attached hydrogens (tertiary/aromatic N) is 2. The number of hydrogen-bond donors (Lipinski definition) is 2. The van der Waals surface area contributed by atoms with E-state index in [1.807, 2.05) is 0 Å². The van der Waals surface area contributed by atoms with Gasteiger partial charge in [0.05, 0.1) is 24.6 Å². The number of hydrogen-bond acceptors (Lipinski definition) is 6. The van der Waals surface area contributed by atoms with Crippen LogP contribution < -0.4 is 19.7 Å². The molecule has 0 bridgehead atoms. The molecule has 0 heterocycles. The highest BCUT2D eigenvalue weighted by Crippen LogP contribution is 2.27. The third kappa shape index (κ3) is 8.83. The molecule has 0 atom stereocenters. The van der Waals surface area contributed by atoms with E-state index in [2.05, 4.69) is 16.1 Å². The second-order valence-corrected chi connectivity index (χ2v) is 9.31. The van der Waals surface area contributed by atoms with E-state index < -0.39 is 30.1 Å². The number of benzene rings is 4. The lowest BCUT2D eigenvalue weighted by Crippen LogP contribution is -2.33. The molecule has 4 aromatic carbocycles. The summed E-state index contributed by atoms with van der Waals surface area (Å²) in [6, 6.07) is 26.5. The molecular formula is C32H24F3N3O6. The Morgan fingerprint density at radius 3 is 2.09 bits per heavy atom. The highest BCUT2D eigenvalue weighted by atomic mass is 19.4. The van der Waals surface area contributed by atoms with Gasteiger partial charge in [0.15, 0.2) is 0 Å². The van der Waals surface area contributed by atoms with Gasteiger partial charge in [-0.25, -0.2) is 4.79 Å². The summed E-state index contributed by atoms with van der Waals surface area (Å²) < 4.78 is 47.9.